The maximum absolute atomic E-state index is 12.5. The number of piperazine rings is 1. The van der Waals surface area contributed by atoms with Crippen molar-refractivity contribution in [2.75, 3.05) is 31.5 Å². The van der Waals surface area contributed by atoms with Crippen LogP contribution in [0.2, 0.25) is 0 Å². The summed E-state index contributed by atoms with van der Waals surface area (Å²) in [5.41, 5.74) is 3.54. The van der Waals surface area contributed by atoms with Crippen LogP contribution in [0.25, 0.3) is 11.3 Å². The van der Waals surface area contributed by atoms with E-state index in [1.165, 1.54) is 0 Å². The van der Waals surface area contributed by atoms with Gasteiger partial charge in [-0.1, -0.05) is 30.3 Å². The number of carbonyl (C=O) groups excluding carboxylic acids is 1. The number of hydrogen-bond donors (Lipinski definition) is 3. The van der Waals surface area contributed by atoms with Crippen LogP contribution in [0.5, 0.6) is 0 Å². The number of amides is 1. The number of carbonyl (C=O) groups is 2. The van der Waals surface area contributed by atoms with Crippen LogP contribution in [0.15, 0.2) is 48.8 Å². The molecule has 1 aliphatic heterocycles. The van der Waals surface area contributed by atoms with Gasteiger partial charge in [0.2, 0.25) is 5.95 Å². The molecule has 0 saturated carbocycles. The first kappa shape index (κ1) is 25.6. The Bertz CT molecular complexity index is 1130. The number of benzene rings is 1. The van der Waals surface area contributed by atoms with Gasteiger partial charge in [0.1, 0.15) is 0 Å². The summed E-state index contributed by atoms with van der Waals surface area (Å²) in [7, 11) is 1.92. The van der Waals surface area contributed by atoms with Crippen molar-refractivity contribution in [2.24, 2.45) is 7.05 Å². The van der Waals surface area contributed by atoms with E-state index in [1.54, 1.807) is 12.4 Å². The lowest BCUT2D eigenvalue weighted by atomic mass is 10.1. The number of rotatable bonds is 5. The Hall–Kier alpha value is -4.00. The highest BCUT2D eigenvalue weighted by Gasteiger charge is 2.38. The van der Waals surface area contributed by atoms with Gasteiger partial charge in [-0.25, -0.2) is 14.8 Å². The Morgan fingerprint density at radius 3 is 2.29 bits per heavy atom. The largest absolute Gasteiger partial charge is 0.490 e. The summed E-state index contributed by atoms with van der Waals surface area (Å²) in [6, 6.07) is 12.1. The van der Waals surface area contributed by atoms with Crippen LogP contribution in [0.4, 0.5) is 19.1 Å². The number of alkyl halides is 3. The Morgan fingerprint density at radius 2 is 1.71 bits per heavy atom. The number of aromatic nitrogens is 4. The molecule has 3 aromatic rings. The third-order valence-electron chi connectivity index (χ3n) is 5.02. The zero-order valence-corrected chi connectivity index (χ0v) is 18.8. The average molecular weight is 491 g/mol. The topological polar surface area (TPSA) is 125 Å². The fraction of sp³-hybridized carbons (Fsp3) is 0.318. The molecule has 1 aromatic carbocycles. The molecule has 4 rings (SSSR count). The molecule has 0 atom stereocenters. The number of aliphatic carboxylic acids is 1. The molecule has 1 aliphatic rings. The van der Waals surface area contributed by atoms with Gasteiger partial charge in [0.15, 0.2) is 0 Å². The van der Waals surface area contributed by atoms with Crippen molar-refractivity contribution in [3.05, 3.63) is 60.0 Å². The number of hydrogen-bond acceptors (Lipinski definition) is 7. The van der Waals surface area contributed by atoms with E-state index in [9.17, 15) is 18.0 Å². The smallest absolute Gasteiger partial charge is 0.475 e. The lowest BCUT2D eigenvalue weighted by molar-refractivity contribution is -0.192. The van der Waals surface area contributed by atoms with E-state index in [2.05, 4.69) is 25.7 Å². The molecule has 0 aliphatic carbocycles. The van der Waals surface area contributed by atoms with Gasteiger partial charge in [-0.05, 0) is 6.07 Å². The summed E-state index contributed by atoms with van der Waals surface area (Å²) >= 11 is 0. The Labute approximate surface area is 198 Å². The monoisotopic (exact) mass is 491 g/mol. The van der Waals surface area contributed by atoms with Gasteiger partial charge >= 0.3 is 12.1 Å². The molecule has 35 heavy (non-hydrogen) atoms. The van der Waals surface area contributed by atoms with E-state index in [-0.39, 0.29) is 5.91 Å². The summed E-state index contributed by atoms with van der Waals surface area (Å²) in [6.45, 7) is 3.61. The van der Waals surface area contributed by atoms with Crippen LogP contribution in [-0.4, -0.2) is 74.0 Å². The minimum Gasteiger partial charge on any atom is -0.475 e. The third kappa shape index (κ3) is 7.24. The number of carboxylic acids is 1. The van der Waals surface area contributed by atoms with E-state index in [0.717, 1.165) is 30.0 Å². The van der Waals surface area contributed by atoms with E-state index in [0.29, 0.717) is 31.1 Å². The lowest BCUT2D eigenvalue weighted by Crippen LogP contribution is -2.46. The lowest BCUT2D eigenvalue weighted by Gasteiger charge is -2.27. The number of nitrogens with zero attached hydrogens (tertiary/aromatic N) is 5. The van der Waals surface area contributed by atoms with Gasteiger partial charge in [0.25, 0.3) is 5.91 Å². The van der Waals surface area contributed by atoms with E-state index in [1.807, 2.05) is 53.0 Å². The molecular weight excluding hydrogens is 467 g/mol. The Balaban J connectivity index is 0.000000429. The molecule has 3 N–H and O–H groups in total. The Kier molecular flexibility index (Phi) is 8.36. The van der Waals surface area contributed by atoms with Crippen LogP contribution in [0.1, 0.15) is 16.1 Å². The summed E-state index contributed by atoms with van der Waals surface area (Å²) in [6.07, 6.45) is -1.92. The predicted octanol–water partition coefficient (Wildman–Crippen LogP) is 2.17. The van der Waals surface area contributed by atoms with Crippen molar-refractivity contribution in [2.45, 2.75) is 12.7 Å². The summed E-state index contributed by atoms with van der Waals surface area (Å²) in [5, 5.41) is 18.1. The van der Waals surface area contributed by atoms with Crippen molar-refractivity contribution >= 4 is 17.8 Å². The minimum atomic E-state index is -5.08. The first-order valence-electron chi connectivity index (χ1n) is 10.6. The number of halogens is 3. The Morgan fingerprint density at radius 1 is 1.11 bits per heavy atom. The van der Waals surface area contributed by atoms with E-state index >= 15 is 0 Å². The van der Waals surface area contributed by atoms with Gasteiger partial charge in [-0.2, -0.15) is 18.3 Å². The molecule has 186 valence electrons. The molecule has 10 nitrogen and oxygen atoms in total. The molecule has 0 bridgehead atoms. The highest BCUT2D eigenvalue weighted by Crippen LogP contribution is 2.19. The molecule has 0 spiro atoms. The van der Waals surface area contributed by atoms with Crippen LogP contribution in [0, 0.1) is 0 Å². The number of nitrogens with one attached hydrogen (secondary N) is 2. The van der Waals surface area contributed by atoms with Crippen molar-refractivity contribution < 1.29 is 27.9 Å². The number of carboxylic acid groups (broad SMARTS) is 1. The SMILES string of the molecule is Cn1nc(-c2ccccc2)cc1CNc1ncc(C(=O)N2CCNCC2)cn1.O=C(O)C(F)(F)F. The summed E-state index contributed by atoms with van der Waals surface area (Å²) in [4.78, 5) is 31.8. The molecule has 1 fully saturated rings. The van der Waals surface area contributed by atoms with Crippen LogP contribution in [0.3, 0.4) is 0 Å². The van der Waals surface area contributed by atoms with Gasteiger partial charge in [0, 0.05) is 51.2 Å². The minimum absolute atomic E-state index is 0.0211. The summed E-state index contributed by atoms with van der Waals surface area (Å²) < 4.78 is 33.6. The van der Waals surface area contributed by atoms with Gasteiger partial charge in [-0.3, -0.25) is 9.48 Å². The van der Waals surface area contributed by atoms with Crippen molar-refractivity contribution in [1.82, 2.24) is 30.0 Å². The average Bonchev–Trinajstić information content (AvgIpc) is 3.24. The third-order valence-corrected chi connectivity index (χ3v) is 5.02. The second-order valence-electron chi connectivity index (χ2n) is 7.50. The normalized spacial score (nSPS) is 13.5. The zero-order valence-electron chi connectivity index (χ0n) is 18.8. The maximum Gasteiger partial charge on any atom is 0.490 e. The molecule has 0 radical (unpaired) electrons. The molecule has 0 unspecified atom stereocenters. The first-order valence-corrected chi connectivity index (χ1v) is 10.6. The fourth-order valence-corrected chi connectivity index (χ4v) is 3.17. The van der Waals surface area contributed by atoms with Crippen molar-refractivity contribution in [3.8, 4) is 11.3 Å². The van der Waals surface area contributed by atoms with Gasteiger partial charge < -0.3 is 20.6 Å². The van der Waals surface area contributed by atoms with Gasteiger partial charge in [0.05, 0.1) is 23.5 Å². The quantitative estimate of drug-likeness (QED) is 0.496. The second kappa shape index (κ2) is 11.4. The molecule has 13 heteroatoms. The van der Waals surface area contributed by atoms with E-state index < -0.39 is 12.1 Å². The maximum atomic E-state index is 12.5. The van der Waals surface area contributed by atoms with E-state index in [4.69, 9.17) is 9.90 Å². The zero-order chi connectivity index (χ0) is 25.4. The number of aryl methyl sites for hydroxylation is 1. The molecule has 1 saturated heterocycles. The highest BCUT2D eigenvalue weighted by atomic mass is 19.4. The second-order valence-corrected chi connectivity index (χ2v) is 7.50. The molecule has 2 aromatic heterocycles. The molecule has 1 amide bonds. The standard InChI is InChI=1S/C20H23N7O.C2HF3O2/c1-26-17(11-18(25-26)15-5-3-2-4-6-15)14-24-20-22-12-16(13-23-20)19(28)27-9-7-21-8-10-27;3-2(4,5)1(6)7/h2-6,11-13,21H,7-10,14H2,1H3,(H,22,23,24);(H,6,7). The van der Waals surface area contributed by atoms with Crippen molar-refractivity contribution in [1.29, 1.82) is 0 Å². The summed E-state index contributed by atoms with van der Waals surface area (Å²) in [5.74, 6) is -2.29. The predicted molar refractivity (Wildman–Crippen MR) is 120 cm³/mol. The molecular formula is C22H24F3N7O3. The highest BCUT2D eigenvalue weighted by molar-refractivity contribution is 5.93. The van der Waals surface area contributed by atoms with Crippen molar-refractivity contribution in [3.63, 3.8) is 0 Å². The van der Waals surface area contributed by atoms with Gasteiger partial charge in [-0.15, -0.1) is 0 Å². The molecule has 3 heterocycles. The van der Waals surface area contributed by atoms with Crippen LogP contribution < -0.4 is 10.6 Å². The fourth-order valence-electron chi connectivity index (χ4n) is 3.17. The van der Waals surface area contributed by atoms with Crippen LogP contribution in [-0.2, 0) is 18.4 Å². The van der Waals surface area contributed by atoms with Crippen LogP contribution >= 0.6 is 0 Å². The number of anilines is 1. The first-order chi connectivity index (χ1) is 16.6.